The molecule has 0 aliphatic heterocycles. The van der Waals surface area contributed by atoms with Crippen molar-refractivity contribution in [2.24, 2.45) is 0 Å². The Morgan fingerprint density at radius 2 is 0.750 bits per heavy atom. The fourth-order valence-corrected chi connectivity index (χ4v) is 7.47. The fourth-order valence-electron chi connectivity index (χ4n) is 6.40. The molecule has 6 aromatic rings. The van der Waals surface area contributed by atoms with E-state index in [1.807, 2.05) is 163 Å². The van der Waals surface area contributed by atoms with Crippen molar-refractivity contribution in [3.8, 4) is 0 Å². The van der Waals surface area contributed by atoms with Crippen LogP contribution in [0.15, 0.2) is 175 Å². The van der Waals surface area contributed by atoms with E-state index in [4.69, 9.17) is 9.29 Å². The summed E-state index contributed by atoms with van der Waals surface area (Å²) in [5, 5.41) is 40.3. The highest BCUT2D eigenvalue weighted by Gasteiger charge is 2.30. The summed E-state index contributed by atoms with van der Waals surface area (Å²) in [6.45, 7) is 11.6. The number of aromatic carboxylic acids is 1. The molecule has 4 N–H and O–H groups in total. The van der Waals surface area contributed by atoms with Crippen LogP contribution in [0.1, 0.15) is 118 Å². The summed E-state index contributed by atoms with van der Waals surface area (Å²) < 4.78 is 31.7. The van der Waals surface area contributed by atoms with Gasteiger partial charge in [0, 0.05) is 0 Å². The lowest BCUT2D eigenvalue weighted by molar-refractivity contribution is 0.0172. The number of aliphatic hydroxyl groups excluding tert-OH is 3. The van der Waals surface area contributed by atoms with E-state index in [0.29, 0.717) is 27.8 Å². The fraction of sp³-hybridized carbons (Fsp3) is 0.182. The van der Waals surface area contributed by atoms with Crippen LogP contribution in [0.3, 0.4) is 0 Å². The lowest BCUT2D eigenvalue weighted by Gasteiger charge is -2.24. The molecule has 0 spiro atoms. The van der Waals surface area contributed by atoms with Gasteiger partial charge in [0.2, 0.25) is 0 Å². The number of rotatable bonds is 14. The molecule has 6 aromatic carbocycles. The molecule has 8 nitrogen and oxygen atoms in total. The second kappa shape index (κ2) is 25.0. The molecule has 4 atom stereocenters. The van der Waals surface area contributed by atoms with E-state index in [2.05, 4.69) is 0 Å². The molecule has 0 fully saturated rings. The molecule has 0 bridgehead atoms. The Balaban J connectivity index is 0.000000241. The molecule has 6 rings (SSSR count). The van der Waals surface area contributed by atoms with E-state index in [1.54, 1.807) is 60.7 Å². The van der Waals surface area contributed by atoms with Gasteiger partial charge in [-0.3, -0.25) is 4.18 Å². The van der Waals surface area contributed by atoms with E-state index < -0.39 is 40.5 Å². The van der Waals surface area contributed by atoms with Crippen LogP contribution >= 0.6 is 0 Å². The predicted octanol–water partition coefficient (Wildman–Crippen LogP) is 12.5. The molecule has 0 saturated carbocycles. The monoisotopic (exact) mass is 878 g/mol. The smallest absolute Gasteiger partial charge is 0.335 e. The van der Waals surface area contributed by atoms with Crippen molar-refractivity contribution in [1.29, 1.82) is 0 Å². The van der Waals surface area contributed by atoms with Crippen LogP contribution in [0.2, 0.25) is 0 Å². The van der Waals surface area contributed by atoms with Gasteiger partial charge in [0.1, 0.15) is 24.4 Å². The number of aliphatic hydroxyl groups is 3. The number of carboxylic acid groups (broad SMARTS) is 1. The Bertz CT molecular complexity index is 2510. The van der Waals surface area contributed by atoms with Crippen molar-refractivity contribution in [2.45, 2.75) is 70.9 Å². The molecule has 64 heavy (non-hydrogen) atoms. The molecular formula is C55H58O8S. The molecule has 9 heteroatoms. The third-order valence-corrected chi connectivity index (χ3v) is 11.3. The van der Waals surface area contributed by atoms with Gasteiger partial charge in [0.15, 0.2) is 0 Å². The number of hydrogen-bond acceptors (Lipinski definition) is 7. The largest absolute Gasteiger partial charge is 0.478 e. The second-order valence-corrected chi connectivity index (χ2v) is 16.5. The van der Waals surface area contributed by atoms with Crippen molar-refractivity contribution in [3.63, 3.8) is 0 Å². The SMILES string of the molecule is C/C=C/c1ccc(C(O)C(O)c2ccc(/C=C/C)cc2)cc1.C/C=C/c1ccc(C(O)C(OS(=O)(=O)c2ccc(C)cc2)c2ccc(/C=C/C)cc2)cc1.Cc1ccc(C(=O)O)cc1. The predicted molar refractivity (Wildman–Crippen MR) is 260 cm³/mol. The zero-order chi connectivity index (χ0) is 46.6. The van der Waals surface area contributed by atoms with Crippen LogP contribution in [0.25, 0.3) is 24.3 Å². The first-order valence-corrected chi connectivity index (χ1v) is 22.3. The van der Waals surface area contributed by atoms with Crippen molar-refractivity contribution in [3.05, 3.63) is 231 Å². The summed E-state index contributed by atoms with van der Waals surface area (Å²) >= 11 is 0. The molecule has 0 aliphatic rings. The highest BCUT2D eigenvalue weighted by Crippen LogP contribution is 2.36. The maximum absolute atomic E-state index is 13.0. The van der Waals surface area contributed by atoms with Crippen molar-refractivity contribution in [1.82, 2.24) is 0 Å². The van der Waals surface area contributed by atoms with Crippen molar-refractivity contribution < 1.29 is 37.8 Å². The number of aryl methyl sites for hydroxylation is 2. The quantitative estimate of drug-likeness (QED) is 0.0793. The molecule has 0 radical (unpaired) electrons. The summed E-state index contributed by atoms with van der Waals surface area (Å²) in [7, 11) is -4.10. The Hall–Kier alpha value is -6.46. The van der Waals surface area contributed by atoms with Crippen molar-refractivity contribution in [2.75, 3.05) is 0 Å². The van der Waals surface area contributed by atoms with Crippen molar-refractivity contribution >= 4 is 40.4 Å². The molecule has 332 valence electrons. The van der Waals surface area contributed by atoms with Gasteiger partial charge < -0.3 is 20.4 Å². The molecule has 4 unspecified atom stereocenters. The average Bonchev–Trinajstić information content (AvgIpc) is 3.30. The van der Waals surface area contributed by atoms with Gasteiger partial charge in [-0.2, -0.15) is 8.42 Å². The topological polar surface area (TPSA) is 141 Å². The van der Waals surface area contributed by atoms with Crippen LogP contribution < -0.4 is 0 Å². The van der Waals surface area contributed by atoms with E-state index in [1.165, 1.54) is 12.1 Å². The third kappa shape index (κ3) is 15.1. The lowest BCUT2D eigenvalue weighted by Crippen LogP contribution is -2.19. The molecular weight excluding hydrogens is 821 g/mol. The minimum atomic E-state index is -4.10. The van der Waals surface area contributed by atoms with Crippen LogP contribution in [-0.4, -0.2) is 34.8 Å². The maximum atomic E-state index is 13.0. The molecule has 0 aromatic heterocycles. The number of allylic oxidation sites excluding steroid dienone is 4. The van der Waals surface area contributed by atoms with E-state index in [0.717, 1.165) is 33.4 Å². The second-order valence-electron chi connectivity index (χ2n) is 15.0. The summed E-state index contributed by atoms with van der Waals surface area (Å²) in [5.41, 5.74) is 9.02. The first-order valence-electron chi connectivity index (χ1n) is 20.9. The van der Waals surface area contributed by atoms with Crippen LogP contribution in [-0.2, 0) is 14.3 Å². The Morgan fingerprint density at radius 3 is 1.06 bits per heavy atom. The summed E-state index contributed by atoms with van der Waals surface area (Å²) in [4.78, 5) is 10.4. The first kappa shape index (κ1) is 50.2. The van der Waals surface area contributed by atoms with Gasteiger partial charge in [0.25, 0.3) is 10.1 Å². The lowest BCUT2D eigenvalue weighted by atomic mass is 9.97. The zero-order valence-corrected chi connectivity index (χ0v) is 37.9. The van der Waals surface area contributed by atoms with Crippen LogP contribution in [0, 0.1) is 13.8 Å². The molecule has 0 saturated heterocycles. The Kier molecular flexibility index (Phi) is 19.6. The summed E-state index contributed by atoms with van der Waals surface area (Å²) in [6.07, 6.45) is 11.5. The Morgan fingerprint density at radius 1 is 0.453 bits per heavy atom. The highest BCUT2D eigenvalue weighted by molar-refractivity contribution is 7.86. The highest BCUT2D eigenvalue weighted by atomic mass is 32.2. The number of benzene rings is 6. The molecule has 0 aliphatic carbocycles. The molecule has 0 heterocycles. The molecule has 0 amide bonds. The summed E-state index contributed by atoms with van der Waals surface area (Å²) in [5.74, 6) is -0.875. The van der Waals surface area contributed by atoms with Gasteiger partial charge >= 0.3 is 5.97 Å². The number of carboxylic acids is 1. The average molecular weight is 879 g/mol. The number of hydrogen-bond donors (Lipinski definition) is 4. The van der Waals surface area contributed by atoms with E-state index in [-0.39, 0.29) is 4.90 Å². The van der Waals surface area contributed by atoms with E-state index >= 15 is 0 Å². The summed E-state index contributed by atoms with van der Waals surface area (Å²) in [6, 6.07) is 42.9. The van der Waals surface area contributed by atoms with Gasteiger partial charge in [-0.1, -0.05) is 181 Å². The third-order valence-electron chi connectivity index (χ3n) is 9.96. The Labute approximate surface area is 378 Å². The van der Waals surface area contributed by atoms with Crippen LogP contribution in [0.5, 0.6) is 0 Å². The zero-order valence-electron chi connectivity index (χ0n) is 37.1. The van der Waals surface area contributed by atoms with Gasteiger partial charge in [0.05, 0.1) is 10.5 Å². The van der Waals surface area contributed by atoms with Gasteiger partial charge in [-0.15, -0.1) is 0 Å². The first-order chi connectivity index (χ1) is 30.7. The minimum absolute atomic E-state index is 0.0502. The number of carbonyl (C=O) groups is 1. The standard InChI is InChI=1S/C27H28O4S.C20H22O2.C8H8O2/c1-4-6-21-10-14-23(15-11-21)26(28)27(24-16-12-22(7-5-2)13-17-24)31-32(29,30)25-18-8-20(3)9-19-25;1-3-5-15-7-11-17(12-8-15)19(21)20(22)18-13-9-16(6-4-2)10-14-18;1-6-2-4-7(5-3-6)8(9)10/h4-19,26-28H,1-3H3;3-14,19-22H,1-2H3;2-5H,1H3,(H,9,10)/b6-4+,7-5+;5-3+,6-4+;. The van der Waals surface area contributed by atoms with Gasteiger partial charge in [-0.25, -0.2) is 4.79 Å². The van der Waals surface area contributed by atoms with Crippen LogP contribution in [0.4, 0.5) is 0 Å². The minimum Gasteiger partial charge on any atom is -0.478 e. The maximum Gasteiger partial charge on any atom is 0.335 e. The van der Waals surface area contributed by atoms with E-state index in [9.17, 15) is 28.5 Å². The van der Waals surface area contributed by atoms with Gasteiger partial charge in [-0.05, 0) is 110 Å². The normalized spacial score (nSPS) is 13.5.